The molecule has 1 aromatic carbocycles. The molecule has 2 rings (SSSR count). The van der Waals surface area contributed by atoms with E-state index in [0.717, 1.165) is 13.2 Å². The van der Waals surface area contributed by atoms with E-state index in [-0.39, 0.29) is 26.0 Å². The Bertz CT molecular complexity index is 909. The lowest BCUT2D eigenvalue weighted by Crippen LogP contribution is -2.15. The zero-order chi connectivity index (χ0) is 19.4. The van der Waals surface area contributed by atoms with E-state index in [2.05, 4.69) is 14.8 Å². The Morgan fingerprint density at radius 2 is 1.81 bits per heavy atom. The monoisotopic (exact) mass is 398 g/mol. The lowest BCUT2D eigenvalue weighted by Gasteiger charge is -2.10. The van der Waals surface area contributed by atoms with Crippen molar-refractivity contribution in [1.82, 2.24) is 0 Å². The van der Waals surface area contributed by atoms with Crippen LogP contribution in [0, 0.1) is 10.1 Å². The number of ether oxygens (including phenoxy) is 2. The Morgan fingerprint density at radius 1 is 1.15 bits per heavy atom. The van der Waals surface area contributed by atoms with Gasteiger partial charge in [-0.2, -0.15) is 0 Å². The summed E-state index contributed by atoms with van der Waals surface area (Å²) in [5.74, 6) is -2.16. The summed E-state index contributed by atoms with van der Waals surface area (Å²) in [5, 5.41) is 13.3. The number of esters is 2. The van der Waals surface area contributed by atoms with Crippen LogP contribution in [0.15, 0.2) is 24.3 Å². The molecule has 1 aromatic heterocycles. The number of thiophene rings is 1. The number of amides is 1. The van der Waals surface area contributed by atoms with Crippen molar-refractivity contribution in [3.8, 4) is 0 Å². The zero-order valence-electron chi connectivity index (χ0n) is 13.4. The molecule has 0 saturated heterocycles. The first-order valence-electron chi connectivity index (χ1n) is 6.84. The maximum Gasteiger partial charge on any atom is 0.339 e. The van der Waals surface area contributed by atoms with Gasteiger partial charge in [-0.3, -0.25) is 14.9 Å². The van der Waals surface area contributed by atoms with E-state index in [0.29, 0.717) is 11.3 Å². The van der Waals surface area contributed by atoms with Crippen molar-refractivity contribution < 1.29 is 28.8 Å². The van der Waals surface area contributed by atoms with E-state index in [1.807, 2.05) is 0 Å². The molecule has 0 bridgehead atoms. The summed E-state index contributed by atoms with van der Waals surface area (Å²) >= 11 is 6.45. The van der Waals surface area contributed by atoms with E-state index < -0.39 is 28.5 Å². The number of nitrogens with zero attached hydrogens (tertiary/aromatic N) is 1. The molecule has 0 aliphatic carbocycles. The van der Waals surface area contributed by atoms with Gasteiger partial charge in [0.1, 0.15) is 4.88 Å². The van der Waals surface area contributed by atoms with Crippen molar-refractivity contribution >= 4 is 52.2 Å². The van der Waals surface area contributed by atoms with Crippen molar-refractivity contribution in [1.29, 1.82) is 0 Å². The molecular weight excluding hydrogens is 388 g/mol. The number of carbonyl (C=O) groups excluding carboxylic acids is 3. The third-order valence-electron chi connectivity index (χ3n) is 3.18. The highest BCUT2D eigenvalue weighted by atomic mass is 35.5. The van der Waals surface area contributed by atoms with Crippen LogP contribution >= 0.6 is 22.9 Å². The number of benzene rings is 1. The Morgan fingerprint density at radius 3 is 2.35 bits per heavy atom. The van der Waals surface area contributed by atoms with Gasteiger partial charge in [-0.1, -0.05) is 11.6 Å². The van der Waals surface area contributed by atoms with E-state index in [4.69, 9.17) is 11.6 Å². The Balaban J connectivity index is 2.41. The van der Waals surface area contributed by atoms with Crippen molar-refractivity contribution in [2.45, 2.75) is 0 Å². The van der Waals surface area contributed by atoms with Gasteiger partial charge in [0.2, 0.25) is 0 Å². The van der Waals surface area contributed by atoms with Crippen molar-refractivity contribution in [2.75, 3.05) is 19.5 Å². The first-order valence-corrected chi connectivity index (χ1v) is 8.03. The van der Waals surface area contributed by atoms with Gasteiger partial charge in [-0.25, -0.2) is 9.59 Å². The molecule has 1 N–H and O–H groups in total. The molecule has 1 amide bonds. The first kappa shape index (κ1) is 19.3. The topological polar surface area (TPSA) is 125 Å². The summed E-state index contributed by atoms with van der Waals surface area (Å²) in [6.07, 6.45) is 0. The molecule has 136 valence electrons. The fraction of sp³-hybridized carbons (Fsp3) is 0.133. The van der Waals surface area contributed by atoms with Gasteiger partial charge in [0.15, 0.2) is 4.34 Å². The fourth-order valence-electron chi connectivity index (χ4n) is 1.96. The summed E-state index contributed by atoms with van der Waals surface area (Å²) in [6, 6.07) is 4.88. The molecule has 0 radical (unpaired) electrons. The van der Waals surface area contributed by atoms with Crippen molar-refractivity contribution in [2.24, 2.45) is 0 Å². The zero-order valence-corrected chi connectivity index (χ0v) is 15.0. The molecule has 0 atom stereocenters. The molecule has 9 nitrogen and oxygen atoms in total. The minimum absolute atomic E-state index is 0.00865. The third kappa shape index (κ3) is 3.98. The largest absolute Gasteiger partial charge is 0.465 e. The molecule has 0 aliphatic rings. The van der Waals surface area contributed by atoms with Gasteiger partial charge >= 0.3 is 11.9 Å². The number of halogens is 1. The Hall–Kier alpha value is -2.98. The predicted octanol–water partition coefficient (Wildman–Crippen LogP) is 3.14. The normalized spacial score (nSPS) is 10.1. The summed E-state index contributed by atoms with van der Waals surface area (Å²) in [5.41, 5.74) is -0.341. The van der Waals surface area contributed by atoms with Crippen LogP contribution in [0.5, 0.6) is 0 Å². The highest BCUT2D eigenvalue weighted by Crippen LogP contribution is 2.34. The minimum Gasteiger partial charge on any atom is -0.465 e. The summed E-state index contributed by atoms with van der Waals surface area (Å²) in [4.78, 5) is 46.0. The number of nitro groups is 1. The van der Waals surface area contributed by atoms with Gasteiger partial charge in [0.25, 0.3) is 11.6 Å². The number of hydrogen-bond acceptors (Lipinski definition) is 8. The standard InChI is InChI=1S/C15H11ClN2O7S/c1-24-14(20)7-3-4-8(15(21)25-2)9(5-7)17-13(19)11-6-10(18(22)23)12(16)26-11/h3-6H,1-2H3,(H,17,19). The van der Waals surface area contributed by atoms with E-state index in [9.17, 15) is 24.5 Å². The number of nitrogens with one attached hydrogen (secondary N) is 1. The van der Waals surface area contributed by atoms with E-state index >= 15 is 0 Å². The third-order valence-corrected chi connectivity index (χ3v) is 4.52. The number of carbonyl (C=O) groups is 3. The van der Waals surface area contributed by atoms with Crippen LogP contribution in [0.4, 0.5) is 11.4 Å². The van der Waals surface area contributed by atoms with Crippen LogP contribution < -0.4 is 5.32 Å². The summed E-state index contributed by atoms with van der Waals surface area (Å²) in [7, 11) is 2.34. The lowest BCUT2D eigenvalue weighted by molar-refractivity contribution is -0.384. The van der Waals surface area contributed by atoms with Crippen molar-refractivity contribution in [3.05, 3.63) is 54.7 Å². The second-order valence-corrected chi connectivity index (χ2v) is 6.38. The average Bonchev–Trinajstić information content (AvgIpc) is 3.02. The maximum atomic E-state index is 12.4. The van der Waals surface area contributed by atoms with Crippen LogP contribution in [0.1, 0.15) is 30.4 Å². The Labute approximate surface area is 155 Å². The van der Waals surface area contributed by atoms with Crippen LogP contribution in [0.25, 0.3) is 0 Å². The van der Waals surface area contributed by atoms with Gasteiger partial charge < -0.3 is 14.8 Å². The molecule has 1 heterocycles. The molecule has 0 unspecified atom stereocenters. The summed E-state index contributed by atoms with van der Waals surface area (Å²) in [6.45, 7) is 0. The van der Waals surface area contributed by atoms with Crippen molar-refractivity contribution in [3.63, 3.8) is 0 Å². The van der Waals surface area contributed by atoms with E-state index in [1.165, 1.54) is 25.3 Å². The molecule has 26 heavy (non-hydrogen) atoms. The predicted molar refractivity (Wildman–Crippen MR) is 93.1 cm³/mol. The van der Waals surface area contributed by atoms with E-state index in [1.54, 1.807) is 0 Å². The molecule has 0 fully saturated rings. The number of hydrogen-bond donors (Lipinski definition) is 1. The average molecular weight is 399 g/mol. The quantitative estimate of drug-likeness (QED) is 0.466. The maximum absolute atomic E-state index is 12.4. The second-order valence-electron chi connectivity index (χ2n) is 4.72. The molecule has 0 spiro atoms. The smallest absolute Gasteiger partial charge is 0.339 e. The number of anilines is 1. The van der Waals surface area contributed by atoms with Gasteiger partial charge in [0.05, 0.1) is 36.0 Å². The van der Waals surface area contributed by atoms with Crippen LogP contribution in [-0.4, -0.2) is 37.0 Å². The molecule has 0 saturated carbocycles. The molecular formula is C15H11ClN2O7S. The molecule has 11 heteroatoms. The second kappa shape index (κ2) is 7.93. The van der Waals surface area contributed by atoms with Crippen LogP contribution in [0.3, 0.4) is 0 Å². The Kier molecular flexibility index (Phi) is 5.90. The molecule has 2 aromatic rings. The molecule has 0 aliphatic heterocycles. The SMILES string of the molecule is COC(=O)c1ccc(C(=O)OC)c(NC(=O)c2cc([N+](=O)[O-])c(Cl)s2)c1. The van der Waals surface area contributed by atoms with Crippen LogP contribution in [0.2, 0.25) is 4.34 Å². The van der Waals surface area contributed by atoms with Crippen LogP contribution in [-0.2, 0) is 9.47 Å². The fourth-order valence-corrected chi connectivity index (χ4v) is 3.08. The minimum atomic E-state index is -0.744. The summed E-state index contributed by atoms with van der Waals surface area (Å²) < 4.78 is 9.07. The van der Waals surface area contributed by atoms with Gasteiger partial charge in [-0.05, 0) is 18.2 Å². The van der Waals surface area contributed by atoms with Gasteiger partial charge in [-0.15, -0.1) is 11.3 Å². The highest BCUT2D eigenvalue weighted by Gasteiger charge is 2.23. The lowest BCUT2D eigenvalue weighted by atomic mass is 10.1. The highest BCUT2D eigenvalue weighted by molar-refractivity contribution is 7.18. The number of methoxy groups -OCH3 is 2. The number of rotatable bonds is 5. The first-order chi connectivity index (χ1) is 12.3. The van der Waals surface area contributed by atoms with Gasteiger partial charge in [0, 0.05) is 6.07 Å².